The molecule has 2 rings (SSSR count). The van der Waals surface area contributed by atoms with Gasteiger partial charge in [-0.25, -0.2) is 4.79 Å². The Morgan fingerprint density at radius 3 is 2.57 bits per heavy atom. The lowest BCUT2D eigenvalue weighted by Gasteiger charge is -2.32. The highest BCUT2D eigenvalue weighted by Crippen LogP contribution is 2.22. The van der Waals surface area contributed by atoms with E-state index in [9.17, 15) is 9.59 Å². The average Bonchev–Trinajstić information content (AvgIpc) is 2.99. The van der Waals surface area contributed by atoms with Crippen molar-refractivity contribution in [2.45, 2.75) is 51.0 Å². The molecule has 6 nitrogen and oxygen atoms in total. The van der Waals surface area contributed by atoms with Crippen LogP contribution in [-0.4, -0.2) is 54.4 Å². The first-order chi connectivity index (χ1) is 10.1. The third-order valence-corrected chi connectivity index (χ3v) is 4.43. The first-order valence-electron chi connectivity index (χ1n) is 8.01. The molecule has 0 radical (unpaired) electrons. The molecule has 0 aromatic carbocycles. The Hall–Kier alpha value is -1.30. The van der Waals surface area contributed by atoms with Crippen LogP contribution in [0.25, 0.3) is 0 Å². The van der Waals surface area contributed by atoms with Gasteiger partial charge in [0.25, 0.3) is 0 Å². The molecular weight excluding hydrogens is 272 g/mol. The number of piperidine rings is 1. The summed E-state index contributed by atoms with van der Waals surface area (Å²) < 4.78 is 5.53. The third kappa shape index (κ3) is 5.53. The Labute approximate surface area is 125 Å². The van der Waals surface area contributed by atoms with Crippen molar-refractivity contribution in [3.63, 3.8) is 0 Å². The first kappa shape index (κ1) is 16.1. The molecule has 2 heterocycles. The van der Waals surface area contributed by atoms with E-state index in [2.05, 4.69) is 5.32 Å². The van der Waals surface area contributed by atoms with Gasteiger partial charge in [-0.05, 0) is 44.4 Å². The Morgan fingerprint density at radius 2 is 1.95 bits per heavy atom. The number of ether oxygens (including phenoxy) is 1. The molecule has 0 spiro atoms. The topological polar surface area (TPSA) is 78.9 Å². The van der Waals surface area contributed by atoms with Gasteiger partial charge in [0.05, 0.1) is 6.10 Å². The largest absolute Gasteiger partial charge is 0.481 e. The second-order valence-corrected chi connectivity index (χ2v) is 6.02. The van der Waals surface area contributed by atoms with Crippen LogP contribution in [-0.2, 0) is 9.53 Å². The number of likely N-dealkylation sites (tertiary alicyclic amines) is 1. The molecule has 1 atom stereocenters. The number of nitrogens with one attached hydrogen (secondary N) is 1. The SMILES string of the molecule is O=C(O)CCC1CCN(C(=O)NCCC2CCCO2)CC1. The van der Waals surface area contributed by atoms with Gasteiger partial charge in [-0.3, -0.25) is 4.79 Å². The molecule has 2 N–H and O–H groups in total. The van der Waals surface area contributed by atoms with Crippen LogP contribution in [0.2, 0.25) is 0 Å². The number of aliphatic carboxylic acids is 1. The van der Waals surface area contributed by atoms with Crippen LogP contribution in [0.4, 0.5) is 4.79 Å². The van der Waals surface area contributed by atoms with Gasteiger partial charge in [-0.15, -0.1) is 0 Å². The van der Waals surface area contributed by atoms with E-state index in [1.165, 1.54) is 0 Å². The van der Waals surface area contributed by atoms with E-state index in [1.807, 2.05) is 4.90 Å². The summed E-state index contributed by atoms with van der Waals surface area (Å²) in [4.78, 5) is 24.4. The predicted molar refractivity (Wildman–Crippen MR) is 78.2 cm³/mol. The van der Waals surface area contributed by atoms with Crippen molar-refractivity contribution >= 4 is 12.0 Å². The van der Waals surface area contributed by atoms with Crippen LogP contribution < -0.4 is 5.32 Å². The molecule has 0 saturated carbocycles. The van der Waals surface area contributed by atoms with Gasteiger partial charge >= 0.3 is 12.0 Å². The lowest BCUT2D eigenvalue weighted by molar-refractivity contribution is -0.137. The fourth-order valence-electron chi connectivity index (χ4n) is 3.08. The molecule has 2 fully saturated rings. The van der Waals surface area contributed by atoms with Crippen molar-refractivity contribution in [2.75, 3.05) is 26.2 Å². The highest BCUT2D eigenvalue weighted by Gasteiger charge is 2.23. The van der Waals surface area contributed by atoms with Crippen molar-refractivity contribution in [3.05, 3.63) is 0 Å². The average molecular weight is 298 g/mol. The first-order valence-corrected chi connectivity index (χ1v) is 8.01. The van der Waals surface area contributed by atoms with Gasteiger partial charge in [0.2, 0.25) is 0 Å². The zero-order chi connectivity index (χ0) is 15.1. The van der Waals surface area contributed by atoms with Crippen molar-refractivity contribution in [3.8, 4) is 0 Å². The van der Waals surface area contributed by atoms with Gasteiger partial charge in [-0.1, -0.05) is 0 Å². The standard InChI is InChI=1S/C15H26N2O4/c18-14(19)4-3-12-6-9-17(10-7-12)15(20)16-8-5-13-2-1-11-21-13/h12-13H,1-11H2,(H,16,20)(H,18,19). The molecule has 0 aliphatic carbocycles. The van der Waals surface area contributed by atoms with Gasteiger partial charge in [-0.2, -0.15) is 0 Å². The lowest BCUT2D eigenvalue weighted by Crippen LogP contribution is -2.45. The summed E-state index contributed by atoms with van der Waals surface area (Å²) in [5, 5.41) is 11.6. The molecule has 2 amide bonds. The van der Waals surface area contributed by atoms with E-state index < -0.39 is 5.97 Å². The number of hydrogen-bond acceptors (Lipinski definition) is 3. The maximum absolute atomic E-state index is 12.0. The summed E-state index contributed by atoms with van der Waals surface area (Å²) in [5.74, 6) is -0.290. The Bertz CT molecular complexity index is 348. The van der Waals surface area contributed by atoms with Crippen LogP contribution in [0.3, 0.4) is 0 Å². The summed E-state index contributed by atoms with van der Waals surface area (Å²) in [6, 6.07) is 0.00433. The lowest BCUT2D eigenvalue weighted by atomic mass is 9.92. The van der Waals surface area contributed by atoms with E-state index in [0.717, 1.165) is 58.2 Å². The summed E-state index contributed by atoms with van der Waals surface area (Å²) >= 11 is 0. The van der Waals surface area contributed by atoms with Crippen LogP contribution in [0, 0.1) is 5.92 Å². The molecule has 21 heavy (non-hydrogen) atoms. The highest BCUT2D eigenvalue weighted by molar-refractivity contribution is 5.74. The van der Waals surface area contributed by atoms with Crippen molar-refractivity contribution in [1.82, 2.24) is 10.2 Å². The van der Waals surface area contributed by atoms with E-state index in [0.29, 0.717) is 18.6 Å². The molecule has 2 aliphatic rings. The number of carbonyl (C=O) groups excluding carboxylic acids is 1. The number of carboxylic acid groups (broad SMARTS) is 1. The molecule has 0 aromatic rings. The molecule has 2 saturated heterocycles. The van der Waals surface area contributed by atoms with Gasteiger partial charge < -0.3 is 20.1 Å². The van der Waals surface area contributed by atoms with Crippen molar-refractivity contribution < 1.29 is 19.4 Å². The maximum Gasteiger partial charge on any atom is 0.317 e. The van der Waals surface area contributed by atoms with E-state index in [-0.39, 0.29) is 12.5 Å². The number of nitrogens with zero attached hydrogens (tertiary/aromatic N) is 1. The Kier molecular flexibility index (Phi) is 6.29. The third-order valence-electron chi connectivity index (χ3n) is 4.43. The monoisotopic (exact) mass is 298 g/mol. The molecule has 2 aliphatic heterocycles. The minimum absolute atomic E-state index is 0.00433. The smallest absolute Gasteiger partial charge is 0.317 e. The van der Waals surface area contributed by atoms with Crippen LogP contribution in [0.1, 0.15) is 44.9 Å². The normalized spacial score (nSPS) is 23.2. The molecule has 0 bridgehead atoms. The molecular formula is C15H26N2O4. The number of amides is 2. The maximum atomic E-state index is 12.0. The van der Waals surface area contributed by atoms with Crippen LogP contribution >= 0.6 is 0 Å². The molecule has 6 heteroatoms. The summed E-state index contributed by atoms with van der Waals surface area (Å²) in [6.07, 6.45) is 6.21. The Balaban J connectivity index is 1.57. The summed E-state index contributed by atoms with van der Waals surface area (Å²) in [6.45, 7) is 2.98. The number of urea groups is 1. The second-order valence-electron chi connectivity index (χ2n) is 6.02. The van der Waals surface area contributed by atoms with E-state index in [1.54, 1.807) is 0 Å². The van der Waals surface area contributed by atoms with Gasteiger partial charge in [0.15, 0.2) is 0 Å². The zero-order valence-electron chi connectivity index (χ0n) is 12.6. The second kappa shape index (κ2) is 8.22. The van der Waals surface area contributed by atoms with Crippen LogP contribution in [0.5, 0.6) is 0 Å². The molecule has 1 unspecified atom stereocenters. The number of carbonyl (C=O) groups is 2. The number of rotatable bonds is 6. The summed E-state index contributed by atoms with van der Waals surface area (Å²) in [7, 11) is 0. The fourth-order valence-corrected chi connectivity index (χ4v) is 3.08. The van der Waals surface area contributed by atoms with Crippen LogP contribution in [0.15, 0.2) is 0 Å². The minimum Gasteiger partial charge on any atom is -0.481 e. The highest BCUT2D eigenvalue weighted by atomic mass is 16.5. The van der Waals surface area contributed by atoms with Crippen molar-refractivity contribution in [1.29, 1.82) is 0 Å². The Morgan fingerprint density at radius 1 is 1.19 bits per heavy atom. The molecule has 0 aromatic heterocycles. The van der Waals surface area contributed by atoms with Gasteiger partial charge in [0, 0.05) is 32.7 Å². The number of hydrogen-bond donors (Lipinski definition) is 2. The van der Waals surface area contributed by atoms with Crippen molar-refractivity contribution in [2.24, 2.45) is 5.92 Å². The predicted octanol–water partition coefficient (Wildman–Crippen LogP) is 1.84. The fraction of sp³-hybridized carbons (Fsp3) is 0.867. The minimum atomic E-state index is -0.732. The number of carboxylic acids is 1. The van der Waals surface area contributed by atoms with E-state index in [4.69, 9.17) is 9.84 Å². The molecule has 120 valence electrons. The zero-order valence-corrected chi connectivity index (χ0v) is 12.6. The van der Waals surface area contributed by atoms with E-state index >= 15 is 0 Å². The van der Waals surface area contributed by atoms with Gasteiger partial charge in [0.1, 0.15) is 0 Å². The summed E-state index contributed by atoms with van der Waals surface area (Å²) in [5.41, 5.74) is 0. The quantitative estimate of drug-likeness (QED) is 0.784.